The number of aryl methyl sites for hydroxylation is 2. The van der Waals surface area contributed by atoms with Crippen molar-refractivity contribution in [2.75, 3.05) is 0 Å². The first-order chi connectivity index (χ1) is 28.2. The van der Waals surface area contributed by atoms with Crippen LogP contribution < -0.4 is 0 Å². The van der Waals surface area contributed by atoms with Crippen LogP contribution in [0.1, 0.15) is 22.3 Å². The third-order valence-corrected chi connectivity index (χ3v) is 11.4. The van der Waals surface area contributed by atoms with Crippen LogP contribution in [0.15, 0.2) is 170 Å². The van der Waals surface area contributed by atoms with Gasteiger partial charge in [-0.25, -0.2) is 0 Å². The van der Waals surface area contributed by atoms with Gasteiger partial charge in [-0.3, -0.25) is 0 Å². The Balaban J connectivity index is 1.38. The maximum atomic E-state index is 16.5. The lowest BCUT2D eigenvalue weighted by Gasteiger charge is -2.23. The summed E-state index contributed by atoms with van der Waals surface area (Å²) >= 11 is 0. The van der Waals surface area contributed by atoms with Crippen molar-refractivity contribution >= 4 is 43.6 Å². The Labute approximate surface area is 333 Å². The normalized spacial score (nSPS) is 11.9. The Kier molecular flexibility index (Phi) is 8.10. The molecule has 0 saturated carbocycles. The number of nitriles is 1. The number of aromatic nitrogens is 2. The second kappa shape index (κ2) is 13.4. The van der Waals surface area contributed by atoms with Crippen molar-refractivity contribution < 1.29 is 13.2 Å². The van der Waals surface area contributed by atoms with Crippen molar-refractivity contribution in [1.82, 2.24) is 9.13 Å². The smallest absolute Gasteiger partial charge is 0.309 e. The van der Waals surface area contributed by atoms with Gasteiger partial charge in [0.2, 0.25) is 0 Å². The highest BCUT2D eigenvalue weighted by Crippen LogP contribution is 2.47. The molecule has 0 aliphatic heterocycles. The molecule has 0 N–H and O–H groups in total. The average molecular weight is 758 g/mol. The zero-order valence-electron chi connectivity index (χ0n) is 31.6. The maximum absolute atomic E-state index is 16.5. The first kappa shape index (κ1) is 35.1. The quantitative estimate of drug-likeness (QED) is 0.172. The van der Waals surface area contributed by atoms with Crippen molar-refractivity contribution in [3.8, 4) is 50.8 Å². The largest absolute Gasteiger partial charge is 0.420 e. The van der Waals surface area contributed by atoms with Crippen LogP contribution in [-0.2, 0) is 6.18 Å². The maximum Gasteiger partial charge on any atom is 0.420 e. The van der Waals surface area contributed by atoms with Crippen LogP contribution in [0, 0.1) is 25.2 Å². The van der Waals surface area contributed by atoms with Crippen molar-refractivity contribution in [2.24, 2.45) is 0 Å². The molecule has 278 valence electrons. The minimum Gasteiger partial charge on any atom is -0.309 e. The number of rotatable bonds is 5. The molecule has 58 heavy (non-hydrogen) atoms. The Morgan fingerprint density at radius 3 is 1.38 bits per heavy atom. The van der Waals surface area contributed by atoms with Crippen LogP contribution >= 0.6 is 0 Å². The van der Waals surface area contributed by atoms with E-state index in [4.69, 9.17) is 0 Å². The molecule has 3 nitrogen and oxygen atoms in total. The lowest BCUT2D eigenvalue weighted by molar-refractivity contribution is -0.137. The van der Waals surface area contributed by atoms with Gasteiger partial charge in [-0.15, -0.1) is 0 Å². The Morgan fingerprint density at radius 1 is 0.431 bits per heavy atom. The number of halogens is 3. The molecule has 10 rings (SSSR count). The lowest BCUT2D eigenvalue weighted by atomic mass is 9.97. The molecule has 0 aliphatic rings. The Bertz CT molecular complexity index is 3140. The molecule has 0 fully saturated rings. The predicted octanol–water partition coefficient (Wildman–Crippen LogP) is 14.4. The number of alkyl halides is 3. The number of hydrogen-bond donors (Lipinski definition) is 0. The van der Waals surface area contributed by atoms with E-state index < -0.39 is 11.7 Å². The van der Waals surface area contributed by atoms with Crippen LogP contribution in [-0.4, -0.2) is 9.13 Å². The molecule has 0 amide bonds. The van der Waals surface area contributed by atoms with E-state index in [2.05, 4.69) is 6.07 Å². The Morgan fingerprint density at radius 2 is 0.897 bits per heavy atom. The van der Waals surface area contributed by atoms with E-state index in [9.17, 15) is 5.26 Å². The number of para-hydroxylation sites is 2. The molecule has 0 aliphatic carbocycles. The van der Waals surface area contributed by atoms with E-state index in [0.29, 0.717) is 38.8 Å². The van der Waals surface area contributed by atoms with Crippen LogP contribution in [0.25, 0.3) is 88.4 Å². The molecule has 0 spiro atoms. The number of nitrogens with zero attached hydrogens (tertiary/aromatic N) is 3. The fraction of sp³-hybridized carbons (Fsp3) is 0.0577. The minimum atomic E-state index is -4.80. The minimum absolute atomic E-state index is 0.00326. The average Bonchev–Trinajstić information content (AvgIpc) is 3.75. The summed E-state index contributed by atoms with van der Waals surface area (Å²) in [5.41, 5.74) is 9.44. The van der Waals surface area contributed by atoms with Gasteiger partial charge >= 0.3 is 6.18 Å². The van der Waals surface area contributed by atoms with Gasteiger partial charge < -0.3 is 9.13 Å². The number of benzene rings is 8. The van der Waals surface area contributed by atoms with Gasteiger partial charge in [-0.05, 0) is 107 Å². The van der Waals surface area contributed by atoms with Gasteiger partial charge in [0.15, 0.2) is 0 Å². The molecule has 10 aromatic rings. The highest BCUT2D eigenvalue weighted by Gasteiger charge is 2.39. The van der Waals surface area contributed by atoms with Crippen molar-refractivity contribution in [2.45, 2.75) is 20.0 Å². The van der Waals surface area contributed by atoms with Crippen molar-refractivity contribution in [3.63, 3.8) is 0 Å². The molecular formula is C52H34F3N3. The zero-order valence-corrected chi connectivity index (χ0v) is 31.6. The van der Waals surface area contributed by atoms with Crippen molar-refractivity contribution in [3.05, 3.63) is 192 Å². The van der Waals surface area contributed by atoms with E-state index in [1.54, 1.807) is 39.5 Å². The van der Waals surface area contributed by atoms with Gasteiger partial charge in [0.1, 0.15) is 5.56 Å². The molecule has 8 aromatic carbocycles. The van der Waals surface area contributed by atoms with E-state index in [0.717, 1.165) is 54.9 Å². The zero-order chi connectivity index (χ0) is 39.7. The van der Waals surface area contributed by atoms with E-state index in [-0.39, 0.29) is 11.4 Å². The Hall–Kier alpha value is -7.36. The lowest BCUT2D eigenvalue weighted by Crippen LogP contribution is -2.16. The first-order valence-corrected chi connectivity index (χ1v) is 19.1. The highest BCUT2D eigenvalue weighted by molar-refractivity contribution is 6.12. The third-order valence-electron chi connectivity index (χ3n) is 11.4. The van der Waals surface area contributed by atoms with E-state index in [1.165, 1.54) is 0 Å². The fourth-order valence-electron chi connectivity index (χ4n) is 8.78. The summed E-state index contributed by atoms with van der Waals surface area (Å²) in [7, 11) is 0. The third kappa shape index (κ3) is 5.58. The summed E-state index contributed by atoms with van der Waals surface area (Å²) in [6.07, 6.45) is -4.80. The summed E-state index contributed by atoms with van der Waals surface area (Å²) in [5, 5.41) is 13.3. The molecule has 2 heterocycles. The van der Waals surface area contributed by atoms with Crippen LogP contribution in [0.3, 0.4) is 0 Å². The van der Waals surface area contributed by atoms with Crippen LogP contribution in [0.2, 0.25) is 0 Å². The second-order valence-corrected chi connectivity index (χ2v) is 14.9. The molecule has 6 heteroatoms. The molecule has 0 bridgehead atoms. The summed E-state index contributed by atoms with van der Waals surface area (Å²) in [4.78, 5) is 0. The van der Waals surface area contributed by atoms with E-state index >= 15 is 13.2 Å². The molecular weight excluding hydrogens is 724 g/mol. The first-order valence-electron chi connectivity index (χ1n) is 19.1. The standard InChI is InChI=1S/C52H34F3N3/c1-32-12-3-5-16-39(32)36-22-24-43-41-18-7-9-20-45(41)57(47(43)27-36)49-29-38(35-15-11-14-34(26-35)31-56)30-50(51(49)52(53,54)55)58-46-21-10-8-19-42(46)44-25-23-37(28-48(44)58)40-17-6-4-13-33(40)2/h3-30H,1-2H3. The van der Waals surface area contributed by atoms with E-state index in [1.807, 2.05) is 153 Å². The molecule has 0 atom stereocenters. The summed E-state index contributed by atoms with van der Waals surface area (Å²) in [6.45, 7) is 4.08. The number of fused-ring (bicyclic) bond motifs is 6. The van der Waals surface area contributed by atoms with Gasteiger partial charge in [-0.2, -0.15) is 18.4 Å². The van der Waals surface area contributed by atoms with Crippen molar-refractivity contribution in [1.29, 1.82) is 5.26 Å². The van der Waals surface area contributed by atoms with Gasteiger partial charge in [-0.1, -0.05) is 121 Å². The summed E-state index contributed by atoms with van der Waals surface area (Å²) < 4.78 is 53.0. The molecule has 0 saturated heterocycles. The molecule has 0 radical (unpaired) electrons. The van der Waals surface area contributed by atoms with Crippen LogP contribution in [0.5, 0.6) is 0 Å². The summed E-state index contributed by atoms with van der Waals surface area (Å²) in [5.74, 6) is 0. The monoisotopic (exact) mass is 757 g/mol. The topological polar surface area (TPSA) is 33.6 Å². The molecule has 2 aromatic heterocycles. The molecule has 0 unspecified atom stereocenters. The number of hydrogen-bond acceptors (Lipinski definition) is 1. The second-order valence-electron chi connectivity index (χ2n) is 14.9. The summed E-state index contributed by atoms with van der Waals surface area (Å²) in [6, 6.07) is 56.1. The fourth-order valence-corrected chi connectivity index (χ4v) is 8.78. The van der Waals surface area contributed by atoms with Crippen LogP contribution in [0.4, 0.5) is 13.2 Å². The predicted molar refractivity (Wildman–Crippen MR) is 231 cm³/mol. The van der Waals surface area contributed by atoms with Gasteiger partial charge in [0.25, 0.3) is 0 Å². The van der Waals surface area contributed by atoms with Gasteiger partial charge in [0.05, 0.1) is 45.1 Å². The SMILES string of the molecule is Cc1ccccc1-c1ccc2c3ccccc3n(-c3cc(-c4cccc(C#N)c4)cc(-n4c5ccccc5c5ccc(-c6ccccc6C)cc54)c3C(F)(F)F)c2c1. The van der Waals surface area contributed by atoms with Gasteiger partial charge in [0, 0.05) is 21.5 Å². The highest BCUT2D eigenvalue weighted by atomic mass is 19.4.